The second kappa shape index (κ2) is 6.41. The number of carbonyl (C=O) groups is 1. The van der Waals surface area contributed by atoms with Gasteiger partial charge in [0.25, 0.3) is 0 Å². The SMILES string of the molecule is COC(=O)c1c(C)sc2c1C(=C=O)N(C)C=C2c1cc(Cl)ccc1O. The van der Waals surface area contributed by atoms with Gasteiger partial charge in [-0.2, -0.15) is 0 Å². The van der Waals surface area contributed by atoms with Gasteiger partial charge < -0.3 is 14.7 Å². The number of thiophene rings is 1. The molecule has 25 heavy (non-hydrogen) atoms. The predicted molar refractivity (Wildman–Crippen MR) is 97.5 cm³/mol. The van der Waals surface area contributed by atoms with Crippen LogP contribution >= 0.6 is 22.9 Å². The summed E-state index contributed by atoms with van der Waals surface area (Å²) in [5.41, 5.74) is 2.22. The molecule has 0 saturated carbocycles. The fourth-order valence-electron chi connectivity index (χ4n) is 2.84. The number of benzene rings is 1. The van der Waals surface area contributed by atoms with Gasteiger partial charge in [-0.25, -0.2) is 9.59 Å². The lowest BCUT2D eigenvalue weighted by Crippen LogP contribution is -2.18. The van der Waals surface area contributed by atoms with E-state index in [1.165, 1.54) is 24.5 Å². The van der Waals surface area contributed by atoms with Gasteiger partial charge >= 0.3 is 5.97 Å². The maximum atomic E-state index is 12.2. The van der Waals surface area contributed by atoms with Crippen molar-refractivity contribution >= 4 is 46.1 Å². The topological polar surface area (TPSA) is 66.8 Å². The summed E-state index contributed by atoms with van der Waals surface area (Å²) < 4.78 is 4.87. The third-order valence-corrected chi connectivity index (χ3v) is 5.35. The molecule has 0 amide bonds. The second-order valence-electron chi connectivity index (χ2n) is 5.49. The lowest BCUT2D eigenvalue weighted by atomic mass is 9.94. The molecule has 0 spiro atoms. The van der Waals surface area contributed by atoms with E-state index in [4.69, 9.17) is 16.3 Å². The Kier molecular flexibility index (Phi) is 4.43. The Morgan fingerprint density at radius 3 is 2.76 bits per heavy atom. The Bertz CT molecular complexity index is 970. The minimum Gasteiger partial charge on any atom is -0.507 e. The van der Waals surface area contributed by atoms with Crippen LogP contribution in [0.4, 0.5) is 0 Å². The van der Waals surface area contributed by atoms with E-state index in [2.05, 4.69) is 0 Å². The number of nitrogens with zero attached hydrogens (tertiary/aromatic N) is 1. The number of esters is 1. The summed E-state index contributed by atoms with van der Waals surface area (Å²) in [6.45, 7) is 1.78. The van der Waals surface area contributed by atoms with Crippen LogP contribution in [0, 0.1) is 6.92 Å². The van der Waals surface area contributed by atoms with Crippen molar-refractivity contribution in [1.82, 2.24) is 4.90 Å². The lowest BCUT2D eigenvalue weighted by Gasteiger charge is -2.25. The number of ether oxygens (including phenoxy) is 1. The Hall–Kier alpha value is -2.53. The molecule has 2 heterocycles. The third kappa shape index (κ3) is 2.74. The van der Waals surface area contributed by atoms with Gasteiger partial charge in [-0.15, -0.1) is 11.3 Å². The van der Waals surface area contributed by atoms with Gasteiger partial charge in [0.1, 0.15) is 11.4 Å². The van der Waals surface area contributed by atoms with E-state index in [0.29, 0.717) is 37.0 Å². The van der Waals surface area contributed by atoms with E-state index in [9.17, 15) is 14.7 Å². The van der Waals surface area contributed by atoms with Crippen molar-refractivity contribution in [3.05, 3.63) is 55.9 Å². The van der Waals surface area contributed by atoms with Crippen LogP contribution in [0.25, 0.3) is 11.3 Å². The van der Waals surface area contributed by atoms with Crippen molar-refractivity contribution in [2.24, 2.45) is 0 Å². The quantitative estimate of drug-likeness (QED) is 0.640. The molecule has 0 bridgehead atoms. The smallest absolute Gasteiger partial charge is 0.339 e. The summed E-state index contributed by atoms with van der Waals surface area (Å²) in [7, 11) is 2.97. The largest absolute Gasteiger partial charge is 0.507 e. The molecule has 0 saturated heterocycles. The highest BCUT2D eigenvalue weighted by Crippen LogP contribution is 2.46. The molecule has 0 radical (unpaired) electrons. The number of phenolic OH excluding ortho intramolecular Hbond substituents is 1. The van der Waals surface area contributed by atoms with Gasteiger partial charge in [-0.3, -0.25) is 0 Å². The van der Waals surface area contributed by atoms with Crippen molar-refractivity contribution in [2.45, 2.75) is 6.92 Å². The van der Waals surface area contributed by atoms with Crippen LogP contribution in [0.15, 0.2) is 24.4 Å². The van der Waals surface area contributed by atoms with E-state index in [1.807, 2.05) is 5.94 Å². The molecule has 0 atom stereocenters. The van der Waals surface area contributed by atoms with E-state index in [0.717, 1.165) is 0 Å². The molecule has 3 rings (SSSR count). The summed E-state index contributed by atoms with van der Waals surface area (Å²) in [5.74, 6) is 1.43. The Morgan fingerprint density at radius 2 is 2.12 bits per heavy atom. The monoisotopic (exact) mass is 375 g/mol. The van der Waals surface area contributed by atoms with Crippen LogP contribution in [0.3, 0.4) is 0 Å². The number of hydrogen-bond donors (Lipinski definition) is 1. The standard InChI is InChI=1S/C18H14ClNO4S/c1-9-15(18(23)24-3)16-13(8-21)20(2)7-12(17(16)25-9)11-6-10(19)4-5-14(11)22/h4-7,22H,1-3H3. The average molecular weight is 376 g/mol. The first kappa shape index (κ1) is 17.3. The molecule has 2 aromatic rings. The maximum absolute atomic E-state index is 12.2. The van der Waals surface area contributed by atoms with Crippen molar-refractivity contribution in [3.63, 3.8) is 0 Å². The number of fused-ring (bicyclic) bond motifs is 1. The van der Waals surface area contributed by atoms with Crippen molar-refractivity contribution in [2.75, 3.05) is 14.2 Å². The number of rotatable bonds is 2. The molecule has 1 N–H and O–H groups in total. The fraction of sp³-hybridized carbons (Fsp3) is 0.167. The second-order valence-corrected chi connectivity index (χ2v) is 7.16. The molecule has 0 fully saturated rings. The molecule has 7 heteroatoms. The predicted octanol–water partition coefficient (Wildman–Crippen LogP) is 3.71. The number of hydrogen-bond acceptors (Lipinski definition) is 6. The van der Waals surface area contributed by atoms with E-state index >= 15 is 0 Å². The van der Waals surface area contributed by atoms with Gasteiger partial charge in [0.05, 0.1) is 12.7 Å². The van der Waals surface area contributed by atoms with Gasteiger partial charge in [0.15, 0.2) is 5.94 Å². The Balaban J connectivity index is 2.35. The molecule has 1 aromatic carbocycles. The molecule has 5 nitrogen and oxygen atoms in total. The number of aromatic hydroxyl groups is 1. The molecular formula is C18H14ClNO4S. The Labute approximate surface area is 153 Å². The van der Waals surface area contributed by atoms with Crippen molar-refractivity contribution in [3.8, 4) is 5.75 Å². The molecule has 128 valence electrons. The third-order valence-electron chi connectivity index (χ3n) is 3.98. The molecule has 0 unspecified atom stereocenters. The first-order valence-corrected chi connectivity index (χ1v) is 8.49. The zero-order valence-corrected chi connectivity index (χ0v) is 15.3. The molecular weight excluding hydrogens is 362 g/mol. The van der Waals surface area contributed by atoms with Crippen LogP contribution < -0.4 is 0 Å². The summed E-state index contributed by atoms with van der Waals surface area (Å²) in [6, 6.07) is 4.73. The summed E-state index contributed by atoms with van der Waals surface area (Å²) in [4.78, 5) is 26.7. The highest BCUT2D eigenvalue weighted by atomic mass is 35.5. The summed E-state index contributed by atoms with van der Waals surface area (Å²) in [6.07, 6.45) is 1.71. The molecule has 1 aliphatic heterocycles. The normalized spacial score (nSPS) is 13.2. The van der Waals surface area contributed by atoms with Gasteiger partial charge in [0.2, 0.25) is 0 Å². The summed E-state index contributed by atoms with van der Waals surface area (Å²) in [5, 5.41) is 10.7. The minimum absolute atomic E-state index is 0.0548. The average Bonchev–Trinajstić information content (AvgIpc) is 2.92. The maximum Gasteiger partial charge on any atom is 0.339 e. The van der Waals surface area contributed by atoms with Crippen LogP contribution in [0.2, 0.25) is 5.02 Å². The number of methoxy groups -OCH3 is 1. The highest BCUT2D eigenvalue weighted by molar-refractivity contribution is 7.14. The lowest BCUT2D eigenvalue weighted by molar-refractivity contribution is 0.0600. The zero-order valence-electron chi connectivity index (χ0n) is 13.7. The summed E-state index contributed by atoms with van der Waals surface area (Å²) >= 11 is 7.42. The van der Waals surface area contributed by atoms with Crippen LogP contribution in [0.5, 0.6) is 5.75 Å². The first-order valence-electron chi connectivity index (χ1n) is 7.30. The van der Waals surface area contributed by atoms with Crippen LogP contribution in [-0.2, 0) is 9.53 Å². The van der Waals surface area contributed by atoms with Gasteiger partial charge in [-0.05, 0) is 25.1 Å². The number of carbonyl (C=O) groups excluding carboxylic acids is 2. The highest BCUT2D eigenvalue weighted by Gasteiger charge is 2.32. The van der Waals surface area contributed by atoms with E-state index < -0.39 is 5.97 Å². The van der Waals surface area contributed by atoms with E-state index in [-0.39, 0.29) is 11.4 Å². The number of aryl methyl sites for hydroxylation is 1. The Morgan fingerprint density at radius 1 is 1.40 bits per heavy atom. The number of phenols is 1. The number of halogens is 1. The van der Waals surface area contributed by atoms with Crippen molar-refractivity contribution < 1.29 is 19.4 Å². The van der Waals surface area contributed by atoms with Gasteiger partial charge in [-0.1, -0.05) is 11.6 Å². The first-order chi connectivity index (χ1) is 11.9. The molecule has 0 aliphatic carbocycles. The van der Waals surface area contributed by atoms with Gasteiger partial charge in [0, 0.05) is 44.7 Å². The van der Waals surface area contributed by atoms with Crippen LogP contribution in [-0.4, -0.2) is 36.1 Å². The zero-order chi connectivity index (χ0) is 18.3. The van der Waals surface area contributed by atoms with Crippen molar-refractivity contribution in [1.29, 1.82) is 0 Å². The minimum atomic E-state index is -0.521. The fourth-order valence-corrected chi connectivity index (χ4v) is 4.18. The molecule has 1 aliphatic rings. The molecule has 1 aromatic heterocycles. The van der Waals surface area contributed by atoms with E-state index in [1.54, 1.807) is 37.2 Å². The van der Waals surface area contributed by atoms with Crippen LogP contribution in [0.1, 0.15) is 31.2 Å².